The number of rotatable bonds is 2. The predicted molar refractivity (Wildman–Crippen MR) is 64.2 cm³/mol. The van der Waals surface area contributed by atoms with E-state index in [2.05, 4.69) is 0 Å². The van der Waals surface area contributed by atoms with Crippen LogP contribution in [0.1, 0.15) is 24.7 Å². The van der Waals surface area contributed by atoms with Crippen LogP contribution in [0, 0.1) is 0 Å². The molecule has 0 N–H and O–H groups in total. The molecule has 1 aromatic carbocycles. The quantitative estimate of drug-likeness (QED) is 0.739. The van der Waals surface area contributed by atoms with E-state index in [0.29, 0.717) is 5.56 Å². The van der Waals surface area contributed by atoms with E-state index < -0.39 is 0 Å². The second-order valence-electron chi connectivity index (χ2n) is 2.28. The molecule has 0 fully saturated rings. The van der Waals surface area contributed by atoms with Gasteiger partial charge in [0, 0.05) is 5.56 Å². The summed E-state index contributed by atoms with van der Waals surface area (Å²) in [4.78, 5) is 10.8. The number of Topliss-reactive ketones (excluding diaryl/α,β-unsaturated/α-hetero) is 1. The third-order valence-electron chi connectivity index (χ3n) is 1.50. The van der Waals surface area contributed by atoms with E-state index in [1.54, 1.807) is 38.3 Å². The largest absolute Gasteiger partial charge is 0.497 e. The van der Waals surface area contributed by atoms with Gasteiger partial charge in [0.15, 0.2) is 5.78 Å². The zero-order valence-electron chi connectivity index (χ0n) is 7.44. The lowest BCUT2D eigenvalue weighted by Gasteiger charge is -1.98. The highest BCUT2D eigenvalue weighted by Gasteiger charge is 1.97. The Morgan fingerprint density at radius 2 is 1.57 bits per heavy atom. The number of hydrogen-bond acceptors (Lipinski definition) is 2. The topological polar surface area (TPSA) is 26.3 Å². The fraction of sp³-hybridized carbons (Fsp3) is 0.300. The van der Waals surface area contributed by atoms with Crippen molar-refractivity contribution in [3.05, 3.63) is 29.8 Å². The van der Waals surface area contributed by atoms with Crippen LogP contribution in [0.2, 0.25) is 0 Å². The number of benzene rings is 1. The molecule has 0 radical (unpaired) electrons. The predicted octanol–water partition coefficient (Wildman–Crippen LogP) is 3.38. The van der Waals surface area contributed by atoms with E-state index in [1.165, 1.54) is 0 Å². The minimum Gasteiger partial charge on any atom is -0.497 e. The minimum absolute atomic E-state index is 0. The molecule has 14 heavy (non-hydrogen) atoms. The van der Waals surface area contributed by atoms with Gasteiger partial charge in [0.25, 0.3) is 0 Å². The normalized spacial score (nSPS) is 7.29. The fourth-order valence-corrected chi connectivity index (χ4v) is 0.826. The van der Waals surface area contributed by atoms with Crippen molar-refractivity contribution >= 4 is 30.6 Å². The molecule has 0 spiro atoms. The van der Waals surface area contributed by atoms with Gasteiger partial charge in [0.1, 0.15) is 5.75 Å². The van der Waals surface area contributed by atoms with Crippen molar-refractivity contribution < 1.29 is 9.53 Å². The van der Waals surface area contributed by atoms with Crippen LogP contribution in [0.5, 0.6) is 5.75 Å². The molecule has 82 valence electrons. The Labute approximate surface area is 97.5 Å². The molecule has 0 aliphatic heterocycles. The Morgan fingerprint density at radius 1 is 1.14 bits per heavy atom. The molecular formula is C10H16Cl2O2. The van der Waals surface area contributed by atoms with Gasteiger partial charge in [-0.15, -0.1) is 24.8 Å². The zero-order valence-corrected chi connectivity index (χ0v) is 9.08. The molecule has 0 aliphatic carbocycles. The summed E-state index contributed by atoms with van der Waals surface area (Å²) in [6.07, 6.45) is 0. The van der Waals surface area contributed by atoms with Crippen LogP contribution in [0.15, 0.2) is 24.3 Å². The Kier molecular flexibility index (Phi) is 12.0. The van der Waals surface area contributed by atoms with Gasteiger partial charge >= 0.3 is 0 Å². The van der Waals surface area contributed by atoms with Crippen LogP contribution in [-0.4, -0.2) is 12.9 Å². The Bertz CT molecular complexity index is 257. The molecule has 0 saturated heterocycles. The lowest BCUT2D eigenvalue weighted by atomic mass is 10.1. The van der Waals surface area contributed by atoms with Crippen LogP contribution >= 0.6 is 24.8 Å². The molecule has 0 aromatic heterocycles. The van der Waals surface area contributed by atoms with E-state index in [0.717, 1.165) is 5.75 Å². The average molecular weight is 239 g/mol. The Morgan fingerprint density at radius 3 is 1.86 bits per heavy atom. The maximum absolute atomic E-state index is 10.8. The van der Waals surface area contributed by atoms with Crippen molar-refractivity contribution in [3.63, 3.8) is 0 Å². The molecule has 4 heteroatoms. The number of carbonyl (C=O) groups excluding carboxylic acids is 1. The molecule has 0 saturated carbocycles. The Balaban J connectivity index is -0.000000403. The van der Waals surface area contributed by atoms with Crippen molar-refractivity contribution in [1.82, 2.24) is 0 Å². The van der Waals surface area contributed by atoms with Crippen LogP contribution in [0.4, 0.5) is 0 Å². The van der Waals surface area contributed by atoms with Gasteiger partial charge in [-0.05, 0) is 31.2 Å². The van der Waals surface area contributed by atoms with Gasteiger partial charge in [-0.25, -0.2) is 0 Å². The van der Waals surface area contributed by atoms with E-state index in [-0.39, 0.29) is 38.0 Å². The van der Waals surface area contributed by atoms with E-state index in [1.807, 2.05) is 0 Å². The second-order valence-corrected chi connectivity index (χ2v) is 2.28. The summed E-state index contributed by atoms with van der Waals surface area (Å²) in [5.41, 5.74) is 0.714. The zero-order chi connectivity index (χ0) is 8.27. The van der Waals surface area contributed by atoms with Crippen molar-refractivity contribution in [2.45, 2.75) is 14.4 Å². The van der Waals surface area contributed by atoms with Crippen LogP contribution in [-0.2, 0) is 0 Å². The van der Waals surface area contributed by atoms with E-state index in [4.69, 9.17) is 4.74 Å². The molecule has 0 heterocycles. The maximum Gasteiger partial charge on any atom is 0.159 e. The number of ether oxygens (including phenoxy) is 1. The average Bonchev–Trinajstić information content (AvgIpc) is 2.05. The minimum atomic E-state index is 0. The van der Waals surface area contributed by atoms with Crippen LogP contribution in [0.3, 0.4) is 0 Å². The Hall–Kier alpha value is -0.730. The smallest absolute Gasteiger partial charge is 0.159 e. The van der Waals surface area contributed by atoms with Crippen molar-refractivity contribution in [2.75, 3.05) is 7.11 Å². The van der Waals surface area contributed by atoms with Gasteiger partial charge in [0.05, 0.1) is 7.11 Å². The molecule has 2 nitrogen and oxygen atoms in total. The first kappa shape index (κ1) is 18.9. The van der Waals surface area contributed by atoms with E-state index >= 15 is 0 Å². The molecule has 0 amide bonds. The summed E-state index contributed by atoms with van der Waals surface area (Å²) in [7, 11) is 1.60. The van der Waals surface area contributed by atoms with Crippen molar-refractivity contribution in [3.8, 4) is 5.75 Å². The lowest BCUT2D eigenvalue weighted by molar-refractivity contribution is 0.101. The molecule has 0 atom stereocenters. The third kappa shape index (κ3) is 5.10. The molecule has 1 rings (SSSR count). The summed E-state index contributed by atoms with van der Waals surface area (Å²) >= 11 is 0. The number of methoxy groups -OCH3 is 1. The standard InChI is InChI=1S/C9H10O2.CH4.2ClH/c1-7(10)8-3-5-9(11-2)6-4-8;;;/h3-6H,1-2H3;1H4;2*1H. The number of hydrogen-bond donors (Lipinski definition) is 0. The summed E-state index contributed by atoms with van der Waals surface area (Å²) < 4.78 is 4.94. The third-order valence-corrected chi connectivity index (χ3v) is 1.50. The van der Waals surface area contributed by atoms with Crippen molar-refractivity contribution in [1.29, 1.82) is 0 Å². The summed E-state index contributed by atoms with van der Waals surface area (Å²) in [5, 5.41) is 0. The van der Waals surface area contributed by atoms with Gasteiger partial charge < -0.3 is 4.74 Å². The molecule has 1 aromatic rings. The van der Waals surface area contributed by atoms with Crippen molar-refractivity contribution in [2.24, 2.45) is 0 Å². The summed E-state index contributed by atoms with van der Waals surface area (Å²) in [5.74, 6) is 0.850. The van der Waals surface area contributed by atoms with Gasteiger partial charge in [-0.3, -0.25) is 4.79 Å². The first-order valence-corrected chi connectivity index (χ1v) is 3.39. The summed E-state index contributed by atoms with van der Waals surface area (Å²) in [6, 6.07) is 7.05. The summed E-state index contributed by atoms with van der Waals surface area (Å²) in [6.45, 7) is 1.54. The molecule has 0 bridgehead atoms. The number of carbonyl (C=O) groups is 1. The first-order chi connectivity index (χ1) is 5.24. The number of ketones is 1. The molecular weight excluding hydrogens is 223 g/mol. The maximum atomic E-state index is 10.8. The lowest BCUT2D eigenvalue weighted by Crippen LogP contribution is -1.91. The first-order valence-electron chi connectivity index (χ1n) is 3.39. The number of halogens is 2. The van der Waals surface area contributed by atoms with Crippen LogP contribution < -0.4 is 4.74 Å². The van der Waals surface area contributed by atoms with E-state index in [9.17, 15) is 4.79 Å². The molecule has 0 aliphatic rings. The monoisotopic (exact) mass is 238 g/mol. The second kappa shape index (κ2) is 8.85. The van der Waals surface area contributed by atoms with Gasteiger partial charge in [-0.2, -0.15) is 0 Å². The highest BCUT2D eigenvalue weighted by Crippen LogP contribution is 2.11. The highest BCUT2D eigenvalue weighted by atomic mass is 35.5. The van der Waals surface area contributed by atoms with Gasteiger partial charge in [0.2, 0.25) is 0 Å². The fourth-order valence-electron chi connectivity index (χ4n) is 0.826. The molecule has 0 unspecified atom stereocenters. The SMILES string of the molecule is C.COc1ccc(C(C)=O)cc1.Cl.Cl. The van der Waals surface area contributed by atoms with Gasteiger partial charge in [-0.1, -0.05) is 7.43 Å². The highest BCUT2D eigenvalue weighted by molar-refractivity contribution is 5.94. The van der Waals surface area contributed by atoms with Crippen LogP contribution in [0.25, 0.3) is 0 Å².